The maximum absolute atomic E-state index is 6.16. The molecule has 2 aliphatic heterocycles. The third kappa shape index (κ3) is 4.14. The molecule has 0 N–H and O–H groups in total. The number of hydrogen-bond acceptors (Lipinski definition) is 5. The molecule has 4 rings (SSSR count). The standard InChI is InChI=1S/C20H31N3O2/c1-15-21-19-8-3-2-7-18(19)20(22-15)23-11-9-16(10-12-23)25-14-17-6-4-5-13-24-17/h16-17H,2-14H2,1H3/t17-/m0/s1. The van der Waals surface area contributed by atoms with Crippen LogP contribution in [-0.4, -0.2) is 48.5 Å². The highest BCUT2D eigenvalue weighted by Gasteiger charge is 2.26. The van der Waals surface area contributed by atoms with E-state index in [9.17, 15) is 0 Å². The average Bonchev–Trinajstić information content (AvgIpc) is 2.67. The zero-order valence-electron chi connectivity index (χ0n) is 15.5. The predicted molar refractivity (Wildman–Crippen MR) is 98.2 cm³/mol. The van der Waals surface area contributed by atoms with Gasteiger partial charge in [0.05, 0.1) is 18.8 Å². The third-order valence-electron chi connectivity index (χ3n) is 5.81. The summed E-state index contributed by atoms with van der Waals surface area (Å²) in [7, 11) is 0. The van der Waals surface area contributed by atoms with Crippen molar-refractivity contribution >= 4 is 5.82 Å². The van der Waals surface area contributed by atoms with Gasteiger partial charge in [-0.05, 0) is 64.7 Å². The van der Waals surface area contributed by atoms with Gasteiger partial charge in [0.1, 0.15) is 11.6 Å². The van der Waals surface area contributed by atoms with Crippen LogP contribution in [0, 0.1) is 6.92 Å². The minimum absolute atomic E-state index is 0.323. The number of hydrogen-bond donors (Lipinski definition) is 0. The molecule has 0 unspecified atom stereocenters. The first-order chi connectivity index (χ1) is 12.3. The number of piperidine rings is 1. The largest absolute Gasteiger partial charge is 0.376 e. The first kappa shape index (κ1) is 17.2. The number of anilines is 1. The smallest absolute Gasteiger partial charge is 0.135 e. The first-order valence-corrected chi connectivity index (χ1v) is 10.1. The van der Waals surface area contributed by atoms with Gasteiger partial charge in [-0.2, -0.15) is 0 Å². The topological polar surface area (TPSA) is 47.5 Å². The van der Waals surface area contributed by atoms with Gasteiger partial charge in [0.25, 0.3) is 0 Å². The van der Waals surface area contributed by atoms with Crippen LogP contribution in [-0.2, 0) is 22.3 Å². The lowest BCUT2D eigenvalue weighted by atomic mass is 9.95. The maximum Gasteiger partial charge on any atom is 0.135 e. The van der Waals surface area contributed by atoms with Crippen molar-refractivity contribution in [1.29, 1.82) is 0 Å². The van der Waals surface area contributed by atoms with Crippen LogP contribution in [0.1, 0.15) is 62.0 Å². The Balaban J connectivity index is 1.33. The summed E-state index contributed by atoms with van der Waals surface area (Å²) >= 11 is 0. The fourth-order valence-corrected chi connectivity index (χ4v) is 4.37. The van der Waals surface area contributed by atoms with Gasteiger partial charge in [0, 0.05) is 31.0 Å². The highest BCUT2D eigenvalue weighted by molar-refractivity contribution is 5.50. The molecule has 25 heavy (non-hydrogen) atoms. The van der Waals surface area contributed by atoms with E-state index in [1.807, 2.05) is 6.92 Å². The van der Waals surface area contributed by atoms with E-state index < -0.39 is 0 Å². The summed E-state index contributed by atoms with van der Waals surface area (Å²) < 4.78 is 11.9. The van der Waals surface area contributed by atoms with Crippen molar-refractivity contribution in [1.82, 2.24) is 9.97 Å². The number of ether oxygens (including phenoxy) is 2. The number of rotatable bonds is 4. The van der Waals surface area contributed by atoms with Gasteiger partial charge < -0.3 is 14.4 Å². The number of aryl methyl sites for hydroxylation is 2. The van der Waals surface area contributed by atoms with Gasteiger partial charge in [-0.25, -0.2) is 9.97 Å². The Hall–Kier alpha value is -1.20. The van der Waals surface area contributed by atoms with Crippen molar-refractivity contribution in [3.05, 3.63) is 17.1 Å². The first-order valence-electron chi connectivity index (χ1n) is 10.1. The van der Waals surface area contributed by atoms with E-state index in [-0.39, 0.29) is 0 Å². The Kier molecular flexibility index (Phi) is 5.51. The lowest BCUT2D eigenvalue weighted by Crippen LogP contribution is -2.39. The molecule has 138 valence electrons. The second-order valence-electron chi connectivity index (χ2n) is 7.74. The van der Waals surface area contributed by atoms with Crippen LogP contribution < -0.4 is 4.90 Å². The lowest BCUT2D eigenvalue weighted by Gasteiger charge is -2.35. The molecule has 5 heteroatoms. The van der Waals surface area contributed by atoms with Crippen LogP contribution in [0.25, 0.3) is 0 Å². The molecule has 0 amide bonds. The molecule has 0 bridgehead atoms. The van der Waals surface area contributed by atoms with Gasteiger partial charge >= 0.3 is 0 Å². The number of aromatic nitrogens is 2. The fourth-order valence-electron chi connectivity index (χ4n) is 4.37. The van der Waals surface area contributed by atoms with E-state index in [4.69, 9.17) is 14.5 Å². The minimum Gasteiger partial charge on any atom is -0.376 e. The van der Waals surface area contributed by atoms with E-state index >= 15 is 0 Å². The monoisotopic (exact) mass is 345 g/mol. The van der Waals surface area contributed by atoms with E-state index in [1.165, 1.54) is 42.8 Å². The summed E-state index contributed by atoms with van der Waals surface area (Å²) in [6, 6.07) is 0. The second kappa shape index (κ2) is 8.00. The van der Waals surface area contributed by atoms with Gasteiger partial charge in [-0.1, -0.05) is 0 Å². The molecule has 0 aromatic carbocycles. The highest BCUT2D eigenvalue weighted by atomic mass is 16.5. The molecule has 5 nitrogen and oxygen atoms in total. The predicted octanol–water partition coefficient (Wildman–Crippen LogP) is 3.22. The second-order valence-corrected chi connectivity index (χ2v) is 7.74. The Morgan fingerprint density at radius 1 is 1.04 bits per heavy atom. The Morgan fingerprint density at radius 2 is 1.88 bits per heavy atom. The quantitative estimate of drug-likeness (QED) is 0.838. The molecule has 1 atom stereocenters. The van der Waals surface area contributed by atoms with Crippen molar-refractivity contribution in [2.75, 3.05) is 31.2 Å². The van der Waals surface area contributed by atoms with Crippen molar-refractivity contribution in [3.8, 4) is 0 Å². The molecule has 3 aliphatic rings. The van der Waals surface area contributed by atoms with Gasteiger partial charge in [0.15, 0.2) is 0 Å². The van der Waals surface area contributed by atoms with Crippen LogP contribution in [0.15, 0.2) is 0 Å². The van der Waals surface area contributed by atoms with Crippen molar-refractivity contribution in [2.24, 2.45) is 0 Å². The van der Waals surface area contributed by atoms with Crippen LogP contribution >= 0.6 is 0 Å². The molecule has 2 saturated heterocycles. The third-order valence-corrected chi connectivity index (χ3v) is 5.81. The van der Waals surface area contributed by atoms with E-state index in [0.717, 1.165) is 64.2 Å². The Bertz CT molecular complexity index is 579. The number of nitrogens with zero attached hydrogens (tertiary/aromatic N) is 3. The molecule has 1 aromatic heterocycles. The van der Waals surface area contributed by atoms with E-state index in [0.29, 0.717) is 12.2 Å². The fraction of sp³-hybridized carbons (Fsp3) is 0.800. The molecular weight excluding hydrogens is 314 g/mol. The Labute approximate surface area is 151 Å². The number of fused-ring (bicyclic) bond motifs is 1. The van der Waals surface area contributed by atoms with Crippen molar-refractivity contribution in [2.45, 2.75) is 76.9 Å². The molecule has 1 aliphatic carbocycles. The van der Waals surface area contributed by atoms with Crippen LogP contribution in [0.2, 0.25) is 0 Å². The normalized spacial score (nSPS) is 25.0. The van der Waals surface area contributed by atoms with Crippen LogP contribution in [0.5, 0.6) is 0 Å². The zero-order valence-corrected chi connectivity index (χ0v) is 15.5. The molecule has 0 saturated carbocycles. The van der Waals surface area contributed by atoms with Crippen LogP contribution in [0.3, 0.4) is 0 Å². The maximum atomic E-state index is 6.16. The molecule has 0 spiro atoms. The summed E-state index contributed by atoms with van der Waals surface area (Å²) in [5.74, 6) is 2.12. The molecule has 0 radical (unpaired) electrons. The Morgan fingerprint density at radius 3 is 2.68 bits per heavy atom. The summed E-state index contributed by atoms with van der Waals surface area (Å²) in [5, 5.41) is 0. The van der Waals surface area contributed by atoms with Gasteiger partial charge in [0.2, 0.25) is 0 Å². The van der Waals surface area contributed by atoms with E-state index in [1.54, 1.807) is 0 Å². The summed E-state index contributed by atoms with van der Waals surface area (Å²) in [6.45, 7) is 5.79. The highest BCUT2D eigenvalue weighted by Crippen LogP contribution is 2.30. The zero-order chi connectivity index (χ0) is 17.1. The van der Waals surface area contributed by atoms with Crippen molar-refractivity contribution < 1.29 is 9.47 Å². The molecular formula is C20H31N3O2. The van der Waals surface area contributed by atoms with Crippen molar-refractivity contribution in [3.63, 3.8) is 0 Å². The van der Waals surface area contributed by atoms with Gasteiger partial charge in [-0.15, -0.1) is 0 Å². The average molecular weight is 345 g/mol. The summed E-state index contributed by atoms with van der Waals surface area (Å²) in [5.41, 5.74) is 2.70. The molecule has 1 aromatic rings. The van der Waals surface area contributed by atoms with Gasteiger partial charge in [-0.3, -0.25) is 0 Å². The summed E-state index contributed by atoms with van der Waals surface area (Å²) in [6.07, 6.45) is 11.3. The lowest BCUT2D eigenvalue weighted by molar-refractivity contribution is -0.0672. The van der Waals surface area contributed by atoms with E-state index in [2.05, 4.69) is 9.88 Å². The molecule has 3 heterocycles. The SMILES string of the molecule is Cc1nc2c(c(N3CCC(OC[C@@H]4CCCCO4)CC3)n1)CCCC2. The summed E-state index contributed by atoms with van der Waals surface area (Å²) in [4.78, 5) is 12.0. The molecule has 2 fully saturated rings. The minimum atomic E-state index is 0.323. The van der Waals surface area contributed by atoms with Crippen LogP contribution in [0.4, 0.5) is 5.82 Å².